The van der Waals surface area contributed by atoms with Crippen LogP contribution < -0.4 is 0 Å². The lowest BCUT2D eigenvalue weighted by molar-refractivity contribution is 1.61. The largest absolute Gasteiger partial charge is 0.232 e. The molecule has 0 aromatic carbocycles. The quantitative estimate of drug-likeness (QED) is 0.358. The Balaban J connectivity index is 3.66. The minimum absolute atomic E-state index is 0.384. The molecule has 3 heteroatoms. The number of nitrogens with zero attached hydrogens (tertiary/aromatic N) is 2. The Morgan fingerprint density at radius 2 is 1.62 bits per heavy atom. The van der Waals surface area contributed by atoms with Gasteiger partial charge in [0.2, 0.25) is 5.11 Å². The Bertz CT molecular complexity index is 112. The monoisotopic (exact) mass is 128 g/mol. The molecule has 0 heterocycles. The van der Waals surface area contributed by atoms with E-state index in [0.29, 0.717) is 5.11 Å². The molecule has 8 heavy (non-hydrogen) atoms. The second-order valence-corrected chi connectivity index (χ2v) is 1.42. The maximum absolute atomic E-state index is 4.66. The van der Waals surface area contributed by atoms with Gasteiger partial charge in [-0.25, -0.2) is 9.98 Å². The van der Waals surface area contributed by atoms with Gasteiger partial charge in [-0.2, -0.15) is 0 Å². The summed E-state index contributed by atoms with van der Waals surface area (Å²) < 4.78 is 0. The molecule has 0 saturated heterocycles. The SMILES string of the molecule is CC=NC(=S)N=CC. The zero-order valence-corrected chi connectivity index (χ0v) is 5.77. The van der Waals surface area contributed by atoms with Crippen LogP contribution >= 0.6 is 12.2 Å². The van der Waals surface area contributed by atoms with E-state index in [-0.39, 0.29) is 0 Å². The Morgan fingerprint density at radius 3 is 1.88 bits per heavy atom. The van der Waals surface area contributed by atoms with Gasteiger partial charge < -0.3 is 0 Å². The van der Waals surface area contributed by atoms with E-state index in [1.54, 1.807) is 26.3 Å². The summed E-state index contributed by atoms with van der Waals surface area (Å²) in [6, 6.07) is 0. The van der Waals surface area contributed by atoms with Gasteiger partial charge in [0.25, 0.3) is 0 Å². The molecule has 0 atom stereocenters. The third-order valence-electron chi connectivity index (χ3n) is 0.479. The first-order valence-electron chi connectivity index (χ1n) is 2.32. The molecule has 0 rings (SSSR count). The molecule has 0 radical (unpaired) electrons. The fourth-order valence-electron chi connectivity index (χ4n) is 0.254. The zero-order valence-electron chi connectivity index (χ0n) is 4.96. The minimum Gasteiger partial charge on any atom is -0.232 e. The number of hydrogen-bond donors (Lipinski definition) is 0. The summed E-state index contributed by atoms with van der Waals surface area (Å²) >= 11 is 4.66. The van der Waals surface area contributed by atoms with Gasteiger partial charge in [0.1, 0.15) is 0 Å². The molecule has 0 N–H and O–H groups in total. The normalized spacial score (nSPS) is 11.2. The average Bonchev–Trinajstić information content (AvgIpc) is 1.68. The predicted octanol–water partition coefficient (Wildman–Crippen LogP) is 1.45. The van der Waals surface area contributed by atoms with Crippen LogP contribution in [0.5, 0.6) is 0 Å². The van der Waals surface area contributed by atoms with Crippen molar-refractivity contribution in [1.82, 2.24) is 0 Å². The summed E-state index contributed by atoms with van der Waals surface area (Å²) in [5.41, 5.74) is 0. The zero-order chi connectivity index (χ0) is 6.41. The molecule has 0 spiro atoms. The molecule has 0 aliphatic heterocycles. The van der Waals surface area contributed by atoms with Crippen LogP contribution in [0.3, 0.4) is 0 Å². The maximum atomic E-state index is 4.66. The topological polar surface area (TPSA) is 24.7 Å². The van der Waals surface area contributed by atoms with Crippen molar-refractivity contribution in [3.63, 3.8) is 0 Å². The number of aliphatic imine (C=N–C) groups is 2. The molecule has 0 fully saturated rings. The highest BCUT2D eigenvalue weighted by Gasteiger charge is 1.77. The van der Waals surface area contributed by atoms with Gasteiger partial charge in [-0.1, -0.05) is 0 Å². The molecule has 0 saturated carbocycles. The van der Waals surface area contributed by atoms with Crippen molar-refractivity contribution in [2.75, 3.05) is 0 Å². The van der Waals surface area contributed by atoms with Gasteiger partial charge in [-0.05, 0) is 26.1 Å². The Kier molecular flexibility index (Phi) is 4.26. The van der Waals surface area contributed by atoms with Crippen molar-refractivity contribution in [3.8, 4) is 0 Å². The van der Waals surface area contributed by atoms with Crippen LogP contribution in [0, 0.1) is 0 Å². The highest BCUT2D eigenvalue weighted by Crippen LogP contribution is 1.78. The van der Waals surface area contributed by atoms with Crippen molar-refractivity contribution >= 4 is 29.8 Å². The average molecular weight is 128 g/mol. The number of hydrogen-bond acceptors (Lipinski definition) is 1. The molecule has 0 amide bonds. The van der Waals surface area contributed by atoms with E-state index < -0.39 is 0 Å². The summed E-state index contributed by atoms with van der Waals surface area (Å²) in [7, 11) is 0. The van der Waals surface area contributed by atoms with Gasteiger partial charge in [-0.3, -0.25) is 0 Å². The third kappa shape index (κ3) is 3.61. The summed E-state index contributed by atoms with van der Waals surface area (Å²) in [6.07, 6.45) is 3.24. The van der Waals surface area contributed by atoms with Gasteiger partial charge in [0.15, 0.2) is 0 Å². The van der Waals surface area contributed by atoms with E-state index in [4.69, 9.17) is 0 Å². The van der Waals surface area contributed by atoms with Gasteiger partial charge in [-0.15, -0.1) is 0 Å². The van der Waals surface area contributed by atoms with Crippen LogP contribution in [0.4, 0.5) is 0 Å². The molecule has 2 nitrogen and oxygen atoms in total. The smallest absolute Gasteiger partial charge is 0.218 e. The van der Waals surface area contributed by atoms with Gasteiger partial charge >= 0.3 is 0 Å². The van der Waals surface area contributed by atoms with E-state index in [2.05, 4.69) is 22.2 Å². The molecule has 0 bridgehead atoms. The Morgan fingerprint density at radius 1 is 1.25 bits per heavy atom. The van der Waals surface area contributed by atoms with Crippen LogP contribution in [0.1, 0.15) is 13.8 Å². The van der Waals surface area contributed by atoms with E-state index in [1.165, 1.54) is 0 Å². The van der Waals surface area contributed by atoms with Crippen LogP contribution in [-0.2, 0) is 0 Å². The second kappa shape index (κ2) is 4.59. The third-order valence-corrected chi connectivity index (χ3v) is 0.690. The van der Waals surface area contributed by atoms with Crippen molar-refractivity contribution in [3.05, 3.63) is 0 Å². The number of thiocarbonyl (C=S) groups is 1. The first-order valence-corrected chi connectivity index (χ1v) is 2.73. The highest BCUT2D eigenvalue weighted by atomic mass is 32.1. The van der Waals surface area contributed by atoms with Crippen molar-refractivity contribution < 1.29 is 0 Å². The van der Waals surface area contributed by atoms with E-state index >= 15 is 0 Å². The lowest BCUT2D eigenvalue weighted by Crippen LogP contribution is -1.81. The van der Waals surface area contributed by atoms with Crippen LogP contribution in [-0.4, -0.2) is 17.5 Å². The van der Waals surface area contributed by atoms with Crippen molar-refractivity contribution in [2.45, 2.75) is 13.8 Å². The summed E-state index contributed by atoms with van der Waals surface area (Å²) in [4.78, 5) is 7.45. The van der Waals surface area contributed by atoms with Crippen LogP contribution in [0.25, 0.3) is 0 Å². The first-order chi connectivity index (χ1) is 3.81. The summed E-state index contributed by atoms with van der Waals surface area (Å²) in [6.45, 7) is 3.61. The molecule has 0 aromatic heterocycles. The highest BCUT2D eigenvalue weighted by molar-refractivity contribution is 7.80. The fraction of sp³-hybridized carbons (Fsp3) is 0.400. The van der Waals surface area contributed by atoms with Crippen molar-refractivity contribution in [1.29, 1.82) is 0 Å². The fourth-order valence-corrected chi connectivity index (χ4v) is 0.465. The van der Waals surface area contributed by atoms with E-state index in [1.807, 2.05) is 0 Å². The lowest BCUT2D eigenvalue weighted by atomic mass is 10.8. The minimum atomic E-state index is 0.384. The molecule has 0 unspecified atom stereocenters. The number of rotatable bonds is 0. The predicted molar refractivity (Wildman–Crippen MR) is 40.9 cm³/mol. The lowest BCUT2D eigenvalue weighted by Gasteiger charge is -1.79. The molecular formula is C5H8N2S. The summed E-state index contributed by atoms with van der Waals surface area (Å²) in [5.74, 6) is 0. The van der Waals surface area contributed by atoms with Crippen LogP contribution in [0.15, 0.2) is 9.98 Å². The van der Waals surface area contributed by atoms with E-state index in [9.17, 15) is 0 Å². The molecule has 0 aromatic rings. The standard InChI is InChI=1S/C5H8N2S/c1-3-6-5(8)7-4-2/h3-4H,1-2H3. The maximum Gasteiger partial charge on any atom is 0.218 e. The van der Waals surface area contributed by atoms with Crippen molar-refractivity contribution in [2.24, 2.45) is 9.98 Å². The Labute approximate surface area is 54.3 Å². The molecular weight excluding hydrogens is 120 g/mol. The van der Waals surface area contributed by atoms with Crippen LogP contribution in [0.2, 0.25) is 0 Å². The molecule has 0 aliphatic rings. The van der Waals surface area contributed by atoms with E-state index in [0.717, 1.165) is 0 Å². The summed E-state index contributed by atoms with van der Waals surface area (Å²) in [5, 5.41) is 0.384. The first kappa shape index (κ1) is 7.43. The molecule has 0 aliphatic carbocycles. The van der Waals surface area contributed by atoms with Gasteiger partial charge in [0, 0.05) is 12.4 Å². The van der Waals surface area contributed by atoms with Gasteiger partial charge in [0.05, 0.1) is 0 Å². The second-order valence-electron chi connectivity index (χ2n) is 1.06. The Hall–Kier alpha value is -0.570. The molecule has 44 valence electrons.